The number of H-pyrrole nitrogens is 1. The van der Waals surface area contributed by atoms with Crippen molar-refractivity contribution in [1.29, 1.82) is 0 Å². The molecule has 1 aliphatic carbocycles. The second-order valence-electron chi connectivity index (χ2n) is 6.03. The summed E-state index contributed by atoms with van der Waals surface area (Å²) in [6, 6.07) is 7.92. The van der Waals surface area contributed by atoms with Crippen LogP contribution in [0.5, 0.6) is 0 Å². The summed E-state index contributed by atoms with van der Waals surface area (Å²) in [5.74, 6) is -0.194. The molecule has 2 aromatic rings. The maximum Gasteiger partial charge on any atom is 0.255 e. The molecule has 1 aliphatic rings. The van der Waals surface area contributed by atoms with Crippen LogP contribution in [0.3, 0.4) is 0 Å². The standard InChI is InChI=1S/C17H21N3O2/c1-11-15(12(2)20-19-11)16(21)18-10-17(22)9-5-7-13-6-3-4-8-14(13)17/h3-4,6,8,22H,5,7,9-10H2,1-2H3,(H,18,21)(H,19,20). The summed E-state index contributed by atoms with van der Waals surface area (Å²) >= 11 is 0. The molecule has 1 atom stereocenters. The number of amides is 1. The van der Waals surface area contributed by atoms with E-state index < -0.39 is 5.60 Å². The maximum absolute atomic E-state index is 12.4. The van der Waals surface area contributed by atoms with Crippen LogP contribution in [0.4, 0.5) is 0 Å². The van der Waals surface area contributed by atoms with Crippen LogP contribution in [0.15, 0.2) is 24.3 Å². The van der Waals surface area contributed by atoms with Gasteiger partial charge in [-0.1, -0.05) is 24.3 Å². The number of aromatic nitrogens is 2. The molecule has 1 unspecified atom stereocenters. The van der Waals surface area contributed by atoms with Crippen molar-refractivity contribution in [2.24, 2.45) is 0 Å². The lowest BCUT2D eigenvalue weighted by Gasteiger charge is -2.34. The SMILES string of the molecule is Cc1n[nH]c(C)c1C(=O)NCC1(O)CCCc2ccccc21. The number of aliphatic hydroxyl groups is 1. The molecule has 116 valence electrons. The molecule has 5 heteroatoms. The van der Waals surface area contributed by atoms with Gasteiger partial charge in [0.15, 0.2) is 0 Å². The molecule has 0 fully saturated rings. The molecule has 0 bridgehead atoms. The fourth-order valence-electron chi connectivity index (χ4n) is 3.28. The highest BCUT2D eigenvalue weighted by atomic mass is 16.3. The molecule has 3 N–H and O–H groups in total. The van der Waals surface area contributed by atoms with Gasteiger partial charge in [0.05, 0.1) is 17.8 Å². The van der Waals surface area contributed by atoms with E-state index >= 15 is 0 Å². The minimum Gasteiger partial charge on any atom is -0.383 e. The Balaban J connectivity index is 1.78. The highest BCUT2D eigenvalue weighted by Crippen LogP contribution is 2.34. The van der Waals surface area contributed by atoms with Crippen LogP contribution in [0.25, 0.3) is 0 Å². The largest absolute Gasteiger partial charge is 0.383 e. The van der Waals surface area contributed by atoms with E-state index in [1.165, 1.54) is 5.56 Å². The Kier molecular flexibility index (Phi) is 3.74. The zero-order valence-electron chi connectivity index (χ0n) is 12.9. The summed E-state index contributed by atoms with van der Waals surface area (Å²) < 4.78 is 0. The van der Waals surface area contributed by atoms with Gasteiger partial charge >= 0.3 is 0 Å². The molecule has 0 spiro atoms. The summed E-state index contributed by atoms with van der Waals surface area (Å²) in [4.78, 5) is 12.4. The molecule has 1 aromatic heterocycles. The third-order valence-corrected chi connectivity index (χ3v) is 4.45. The van der Waals surface area contributed by atoms with Gasteiger partial charge in [0.25, 0.3) is 5.91 Å². The summed E-state index contributed by atoms with van der Waals surface area (Å²) in [6.45, 7) is 3.83. The molecule has 0 radical (unpaired) electrons. The zero-order valence-corrected chi connectivity index (χ0v) is 12.9. The number of carbonyl (C=O) groups is 1. The third-order valence-electron chi connectivity index (χ3n) is 4.45. The summed E-state index contributed by atoms with van der Waals surface area (Å²) in [5, 5.41) is 20.7. The van der Waals surface area contributed by atoms with Crippen LogP contribution < -0.4 is 5.32 Å². The van der Waals surface area contributed by atoms with E-state index in [0.717, 1.165) is 24.1 Å². The van der Waals surface area contributed by atoms with Gasteiger partial charge in [-0.05, 0) is 44.2 Å². The number of benzene rings is 1. The molecule has 5 nitrogen and oxygen atoms in total. The van der Waals surface area contributed by atoms with E-state index in [4.69, 9.17) is 0 Å². The molecule has 22 heavy (non-hydrogen) atoms. The van der Waals surface area contributed by atoms with E-state index in [2.05, 4.69) is 15.5 Å². The number of aromatic amines is 1. The quantitative estimate of drug-likeness (QED) is 0.811. The number of fused-ring (bicyclic) bond motifs is 1. The van der Waals surface area contributed by atoms with E-state index in [9.17, 15) is 9.90 Å². The minimum atomic E-state index is -0.990. The highest BCUT2D eigenvalue weighted by molar-refractivity contribution is 5.96. The first-order chi connectivity index (χ1) is 10.5. The number of carbonyl (C=O) groups excluding carboxylic acids is 1. The van der Waals surface area contributed by atoms with Crippen molar-refractivity contribution in [2.75, 3.05) is 6.54 Å². The van der Waals surface area contributed by atoms with Crippen molar-refractivity contribution in [1.82, 2.24) is 15.5 Å². The summed E-state index contributed by atoms with van der Waals surface area (Å²) in [7, 11) is 0. The van der Waals surface area contributed by atoms with Crippen LogP contribution in [-0.4, -0.2) is 27.8 Å². The molecule has 3 rings (SSSR count). The van der Waals surface area contributed by atoms with E-state index in [1.54, 1.807) is 6.92 Å². The number of hydrogen-bond donors (Lipinski definition) is 3. The summed E-state index contributed by atoms with van der Waals surface area (Å²) in [5.41, 5.74) is 3.09. The fraction of sp³-hybridized carbons (Fsp3) is 0.412. The molecular formula is C17H21N3O2. The molecule has 1 heterocycles. The number of nitrogens with one attached hydrogen (secondary N) is 2. The minimum absolute atomic E-state index is 0.194. The smallest absolute Gasteiger partial charge is 0.255 e. The maximum atomic E-state index is 12.4. The monoisotopic (exact) mass is 299 g/mol. The zero-order chi connectivity index (χ0) is 15.7. The Labute approximate surface area is 129 Å². The average Bonchev–Trinajstić information content (AvgIpc) is 2.85. The Hall–Kier alpha value is -2.14. The van der Waals surface area contributed by atoms with Crippen LogP contribution in [0, 0.1) is 13.8 Å². The first kappa shape index (κ1) is 14.8. The number of hydrogen-bond acceptors (Lipinski definition) is 3. The van der Waals surface area contributed by atoms with Gasteiger partial charge < -0.3 is 10.4 Å². The van der Waals surface area contributed by atoms with Gasteiger partial charge in [-0.3, -0.25) is 9.89 Å². The third kappa shape index (κ3) is 2.52. The number of nitrogens with zero attached hydrogens (tertiary/aromatic N) is 1. The lowest BCUT2D eigenvalue weighted by molar-refractivity contribution is 0.0189. The van der Waals surface area contributed by atoms with E-state index in [0.29, 0.717) is 17.7 Å². The Morgan fingerprint density at radius 2 is 2.18 bits per heavy atom. The normalized spacial score (nSPS) is 20.5. The second-order valence-corrected chi connectivity index (χ2v) is 6.03. The van der Waals surface area contributed by atoms with Crippen molar-refractivity contribution in [3.8, 4) is 0 Å². The van der Waals surface area contributed by atoms with Crippen molar-refractivity contribution in [2.45, 2.75) is 38.7 Å². The van der Waals surface area contributed by atoms with Gasteiger partial charge in [0.2, 0.25) is 0 Å². The van der Waals surface area contributed by atoms with Gasteiger partial charge in [-0.2, -0.15) is 5.10 Å². The van der Waals surface area contributed by atoms with Crippen LogP contribution in [-0.2, 0) is 12.0 Å². The van der Waals surface area contributed by atoms with E-state index in [-0.39, 0.29) is 12.5 Å². The molecule has 1 aromatic carbocycles. The van der Waals surface area contributed by atoms with Crippen molar-refractivity contribution >= 4 is 5.91 Å². The van der Waals surface area contributed by atoms with Crippen molar-refractivity contribution in [3.05, 3.63) is 52.3 Å². The molecule has 1 amide bonds. The second kappa shape index (κ2) is 5.57. The molecule has 0 saturated heterocycles. The van der Waals surface area contributed by atoms with Crippen LogP contribution >= 0.6 is 0 Å². The first-order valence-electron chi connectivity index (χ1n) is 7.62. The van der Waals surface area contributed by atoms with Gasteiger partial charge in [0, 0.05) is 5.69 Å². The van der Waals surface area contributed by atoms with Crippen LogP contribution in [0.1, 0.15) is 45.7 Å². The Morgan fingerprint density at radius 3 is 2.91 bits per heavy atom. The first-order valence-corrected chi connectivity index (χ1v) is 7.62. The lowest BCUT2D eigenvalue weighted by Crippen LogP contribution is -2.43. The fourth-order valence-corrected chi connectivity index (χ4v) is 3.28. The predicted octanol–water partition coefficient (Wildman–Crippen LogP) is 1.98. The topological polar surface area (TPSA) is 78.0 Å². The molecular weight excluding hydrogens is 278 g/mol. The van der Waals surface area contributed by atoms with Gasteiger partial charge in [-0.15, -0.1) is 0 Å². The van der Waals surface area contributed by atoms with Crippen molar-refractivity contribution in [3.63, 3.8) is 0 Å². The Bertz CT molecular complexity index is 688. The van der Waals surface area contributed by atoms with E-state index in [1.807, 2.05) is 31.2 Å². The Morgan fingerprint density at radius 1 is 1.41 bits per heavy atom. The number of rotatable bonds is 3. The lowest BCUT2D eigenvalue weighted by atomic mass is 9.79. The van der Waals surface area contributed by atoms with Gasteiger partial charge in [-0.25, -0.2) is 0 Å². The highest BCUT2D eigenvalue weighted by Gasteiger charge is 2.34. The predicted molar refractivity (Wildman–Crippen MR) is 83.7 cm³/mol. The van der Waals surface area contributed by atoms with Gasteiger partial charge in [0.1, 0.15) is 5.60 Å². The van der Waals surface area contributed by atoms with Crippen molar-refractivity contribution < 1.29 is 9.90 Å². The summed E-state index contributed by atoms with van der Waals surface area (Å²) in [6.07, 6.45) is 2.56. The number of aryl methyl sites for hydroxylation is 3. The average molecular weight is 299 g/mol. The molecule has 0 saturated carbocycles. The molecule has 0 aliphatic heterocycles. The van der Waals surface area contributed by atoms with Crippen LogP contribution in [0.2, 0.25) is 0 Å².